The largest absolute Gasteiger partial charge is 0.309 e. The molecular formula is C61H48N4. The van der Waals surface area contributed by atoms with Crippen LogP contribution in [0.1, 0.15) is 51.7 Å². The minimum atomic E-state index is 0.0820. The number of nitrogens with zero attached hydrogens (tertiary/aromatic N) is 4. The summed E-state index contributed by atoms with van der Waals surface area (Å²) in [6.45, 7) is 9.66. The van der Waals surface area contributed by atoms with Crippen molar-refractivity contribution in [1.82, 2.24) is 19.5 Å². The molecule has 12 rings (SSSR count). The summed E-state index contributed by atoms with van der Waals surface area (Å²) in [6, 6.07) is 69.9. The van der Waals surface area contributed by atoms with Gasteiger partial charge in [0.15, 0.2) is 17.5 Å². The summed E-state index contributed by atoms with van der Waals surface area (Å²) in [5.41, 5.74) is 14.2. The summed E-state index contributed by atoms with van der Waals surface area (Å²) >= 11 is 0. The van der Waals surface area contributed by atoms with E-state index in [0.29, 0.717) is 17.5 Å². The van der Waals surface area contributed by atoms with Crippen LogP contribution in [-0.2, 0) is 10.8 Å². The number of rotatable bonds is 6. The Morgan fingerprint density at radius 2 is 0.908 bits per heavy atom. The first-order valence-electron chi connectivity index (χ1n) is 22.8. The third-order valence-corrected chi connectivity index (χ3v) is 14.1. The van der Waals surface area contributed by atoms with Crippen LogP contribution >= 0.6 is 0 Å². The highest BCUT2D eigenvalue weighted by Crippen LogP contribution is 2.49. The zero-order valence-electron chi connectivity index (χ0n) is 37.2. The summed E-state index contributed by atoms with van der Waals surface area (Å²) in [5.74, 6) is 1.90. The van der Waals surface area contributed by atoms with Crippen molar-refractivity contribution in [2.75, 3.05) is 0 Å². The van der Waals surface area contributed by atoms with Crippen molar-refractivity contribution in [1.29, 1.82) is 0 Å². The molecule has 11 aromatic rings. The standard InChI is InChI=1S/C61H48N4/c1-60(2)34-35-61(3,4)52-38-55-50(37-51(52)60)48-28-13-14-31-53(48)65(55)54-33-32-49(46-26-11-12-27-47(46)54)59-63-57(41-20-9-6-10-21-41)62-58(64-59)43-25-15-24-42(36-43)45-30-17-23-40-22-16-29-44(56(40)45)39-18-7-5-8-19-39/h5-33,36-38H,34-35H2,1-4H3. The zero-order chi connectivity index (χ0) is 43.9. The van der Waals surface area contributed by atoms with E-state index in [1.807, 2.05) is 18.2 Å². The number of hydrogen-bond acceptors (Lipinski definition) is 3. The minimum Gasteiger partial charge on any atom is -0.309 e. The van der Waals surface area contributed by atoms with Gasteiger partial charge in [-0.25, -0.2) is 15.0 Å². The maximum atomic E-state index is 5.35. The predicted molar refractivity (Wildman–Crippen MR) is 272 cm³/mol. The number of fused-ring (bicyclic) bond motifs is 6. The molecule has 65 heavy (non-hydrogen) atoms. The summed E-state index contributed by atoms with van der Waals surface area (Å²) in [6.07, 6.45) is 2.34. The summed E-state index contributed by atoms with van der Waals surface area (Å²) in [4.78, 5) is 15.8. The van der Waals surface area contributed by atoms with Crippen molar-refractivity contribution in [3.05, 3.63) is 205 Å². The van der Waals surface area contributed by atoms with Crippen molar-refractivity contribution in [3.63, 3.8) is 0 Å². The lowest BCUT2D eigenvalue weighted by Gasteiger charge is -2.42. The molecule has 0 N–H and O–H groups in total. The summed E-state index contributed by atoms with van der Waals surface area (Å²) in [7, 11) is 0. The number of para-hydroxylation sites is 1. The quantitative estimate of drug-likeness (QED) is 0.168. The lowest BCUT2D eigenvalue weighted by Crippen LogP contribution is -2.33. The molecule has 2 aromatic heterocycles. The van der Waals surface area contributed by atoms with Gasteiger partial charge in [-0.2, -0.15) is 0 Å². The van der Waals surface area contributed by atoms with Gasteiger partial charge in [-0.05, 0) is 110 Å². The first kappa shape index (κ1) is 38.9. The molecule has 0 atom stereocenters. The number of hydrogen-bond donors (Lipinski definition) is 0. The van der Waals surface area contributed by atoms with Crippen LogP contribution in [0.5, 0.6) is 0 Å². The van der Waals surface area contributed by atoms with Crippen molar-refractivity contribution >= 4 is 43.4 Å². The Labute approximate surface area is 379 Å². The highest BCUT2D eigenvalue weighted by molar-refractivity contribution is 6.12. The van der Waals surface area contributed by atoms with Crippen molar-refractivity contribution in [3.8, 4) is 62.1 Å². The Balaban J connectivity index is 1.05. The van der Waals surface area contributed by atoms with Crippen LogP contribution in [0.3, 0.4) is 0 Å². The Kier molecular flexibility index (Phi) is 8.96. The van der Waals surface area contributed by atoms with Gasteiger partial charge in [-0.1, -0.05) is 185 Å². The minimum absolute atomic E-state index is 0.0820. The van der Waals surface area contributed by atoms with Gasteiger partial charge >= 0.3 is 0 Å². The highest BCUT2D eigenvalue weighted by atomic mass is 15.0. The Morgan fingerprint density at radius 1 is 0.369 bits per heavy atom. The van der Waals surface area contributed by atoms with E-state index in [4.69, 9.17) is 15.0 Å². The van der Waals surface area contributed by atoms with E-state index in [2.05, 4.69) is 208 Å². The molecular weight excluding hydrogens is 789 g/mol. The molecule has 2 heterocycles. The molecule has 0 unspecified atom stereocenters. The molecule has 1 aliphatic rings. The van der Waals surface area contributed by atoms with Gasteiger partial charge in [-0.15, -0.1) is 0 Å². The number of benzene rings is 9. The van der Waals surface area contributed by atoms with Gasteiger partial charge in [0.05, 0.1) is 16.7 Å². The average molecular weight is 837 g/mol. The van der Waals surface area contributed by atoms with Crippen LogP contribution in [0.15, 0.2) is 194 Å². The topological polar surface area (TPSA) is 43.6 Å². The SMILES string of the molecule is CC1(C)CCC(C)(C)c2cc3c(cc21)c1ccccc1n3-c1ccc(-c2nc(-c3ccccc3)nc(-c3cccc(-c4cccc5cccc(-c6ccccc6)c45)c3)n2)c2ccccc12. The van der Waals surface area contributed by atoms with E-state index in [1.54, 1.807) is 0 Å². The number of aromatic nitrogens is 4. The third kappa shape index (κ3) is 6.46. The van der Waals surface area contributed by atoms with Crippen molar-refractivity contribution in [2.24, 2.45) is 0 Å². The molecule has 9 aromatic carbocycles. The fourth-order valence-corrected chi connectivity index (χ4v) is 10.6. The first-order valence-corrected chi connectivity index (χ1v) is 22.8. The van der Waals surface area contributed by atoms with E-state index in [0.717, 1.165) is 45.1 Å². The second kappa shape index (κ2) is 15.0. The average Bonchev–Trinajstić information content (AvgIpc) is 3.68. The Bertz CT molecular complexity index is 3650. The monoisotopic (exact) mass is 836 g/mol. The van der Waals surface area contributed by atoms with Gasteiger partial charge in [-0.3, -0.25) is 0 Å². The molecule has 0 fully saturated rings. The molecule has 4 heteroatoms. The third-order valence-electron chi connectivity index (χ3n) is 14.1. The second-order valence-electron chi connectivity index (χ2n) is 19.0. The highest BCUT2D eigenvalue weighted by Gasteiger charge is 2.38. The van der Waals surface area contributed by atoms with Crippen LogP contribution in [0, 0.1) is 0 Å². The lowest BCUT2D eigenvalue weighted by molar-refractivity contribution is 0.332. The molecule has 0 saturated carbocycles. The molecule has 0 aliphatic heterocycles. The fraction of sp³-hybridized carbons (Fsp3) is 0.131. The van der Waals surface area contributed by atoms with E-state index in [1.165, 1.54) is 66.8 Å². The van der Waals surface area contributed by atoms with Crippen molar-refractivity contribution in [2.45, 2.75) is 51.4 Å². The lowest BCUT2D eigenvalue weighted by atomic mass is 9.63. The summed E-state index contributed by atoms with van der Waals surface area (Å²) < 4.78 is 2.49. The van der Waals surface area contributed by atoms with Crippen LogP contribution in [0.25, 0.3) is 105 Å². The molecule has 0 saturated heterocycles. The normalized spacial score (nSPS) is 14.3. The maximum Gasteiger partial charge on any atom is 0.164 e. The van der Waals surface area contributed by atoms with Gasteiger partial charge in [0.25, 0.3) is 0 Å². The fourth-order valence-electron chi connectivity index (χ4n) is 10.6. The molecule has 4 nitrogen and oxygen atoms in total. The van der Waals surface area contributed by atoms with E-state index < -0.39 is 0 Å². The maximum absolute atomic E-state index is 5.35. The van der Waals surface area contributed by atoms with Gasteiger partial charge < -0.3 is 4.57 Å². The predicted octanol–water partition coefficient (Wildman–Crippen LogP) is 16.0. The Hall–Kier alpha value is -7.69. The van der Waals surface area contributed by atoms with Crippen LogP contribution < -0.4 is 0 Å². The Morgan fingerprint density at radius 3 is 1.63 bits per heavy atom. The summed E-state index contributed by atoms with van der Waals surface area (Å²) in [5, 5.41) is 7.22. The van der Waals surface area contributed by atoms with Crippen LogP contribution in [0.2, 0.25) is 0 Å². The molecule has 0 bridgehead atoms. The molecule has 0 radical (unpaired) electrons. The van der Waals surface area contributed by atoms with Gasteiger partial charge in [0.2, 0.25) is 0 Å². The van der Waals surface area contributed by atoms with E-state index >= 15 is 0 Å². The van der Waals surface area contributed by atoms with Gasteiger partial charge in [0.1, 0.15) is 0 Å². The van der Waals surface area contributed by atoms with E-state index in [-0.39, 0.29) is 10.8 Å². The molecule has 312 valence electrons. The van der Waals surface area contributed by atoms with E-state index in [9.17, 15) is 0 Å². The molecule has 1 aliphatic carbocycles. The van der Waals surface area contributed by atoms with Crippen molar-refractivity contribution < 1.29 is 0 Å². The van der Waals surface area contributed by atoms with Crippen LogP contribution in [0.4, 0.5) is 0 Å². The zero-order valence-corrected chi connectivity index (χ0v) is 37.2. The van der Waals surface area contributed by atoms with Crippen LogP contribution in [-0.4, -0.2) is 19.5 Å². The molecule has 0 spiro atoms. The molecule has 0 amide bonds. The second-order valence-corrected chi connectivity index (χ2v) is 19.0. The smallest absolute Gasteiger partial charge is 0.164 e. The van der Waals surface area contributed by atoms with Gasteiger partial charge in [0, 0.05) is 32.8 Å². The first-order chi connectivity index (χ1) is 31.7.